The van der Waals surface area contributed by atoms with Gasteiger partial charge in [-0.05, 0) is 61.4 Å². The number of hydrogen-bond donors (Lipinski definition) is 6. The number of carbonyl (C=O) groups excluding carboxylic acids is 2. The monoisotopic (exact) mass is 572 g/mol. The summed E-state index contributed by atoms with van der Waals surface area (Å²) in [7, 11) is 0. The van der Waals surface area contributed by atoms with Crippen LogP contribution < -0.4 is 26.4 Å². The maximum atomic E-state index is 13.7. The fraction of sp³-hybridized carbons (Fsp3) is 0.344. The summed E-state index contributed by atoms with van der Waals surface area (Å²) in [5.41, 5.74) is 9.09. The predicted octanol–water partition coefficient (Wildman–Crippen LogP) is 4.03. The highest BCUT2D eigenvalue weighted by Gasteiger charge is 2.27. The second kappa shape index (κ2) is 16.0. The summed E-state index contributed by atoms with van der Waals surface area (Å²) in [5, 5.41) is 17.0. The van der Waals surface area contributed by atoms with Gasteiger partial charge >= 0.3 is 0 Å². The van der Waals surface area contributed by atoms with Crippen molar-refractivity contribution in [2.75, 3.05) is 13.1 Å². The van der Waals surface area contributed by atoms with Gasteiger partial charge in [-0.25, -0.2) is 4.72 Å². The molecule has 0 radical (unpaired) electrons. The molecule has 2 amide bonds. The van der Waals surface area contributed by atoms with Gasteiger partial charge in [-0.2, -0.15) is 0 Å². The first kappa shape index (κ1) is 30.3. The van der Waals surface area contributed by atoms with E-state index in [-0.39, 0.29) is 17.6 Å². The Balaban J connectivity index is 1.43. The van der Waals surface area contributed by atoms with E-state index >= 15 is 0 Å². The van der Waals surface area contributed by atoms with Gasteiger partial charge in [0.15, 0.2) is 0 Å². The van der Waals surface area contributed by atoms with E-state index in [4.69, 9.17) is 11.1 Å². The minimum Gasteiger partial charge on any atom is -0.384 e. The van der Waals surface area contributed by atoms with Gasteiger partial charge < -0.3 is 21.7 Å². The van der Waals surface area contributed by atoms with Crippen LogP contribution in [0.1, 0.15) is 54.0 Å². The molecule has 7 N–H and O–H groups in total. The maximum absolute atomic E-state index is 13.7. The molecule has 1 aliphatic rings. The van der Waals surface area contributed by atoms with Crippen molar-refractivity contribution >= 4 is 29.6 Å². The van der Waals surface area contributed by atoms with E-state index in [1.165, 1.54) is 11.9 Å². The number of carbonyl (C=O) groups is 2. The average molecular weight is 573 g/mol. The zero-order chi connectivity index (χ0) is 28.9. The summed E-state index contributed by atoms with van der Waals surface area (Å²) < 4.78 is 3.34. The number of nitrogens with one attached hydrogen (secondary N) is 5. The van der Waals surface area contributed by atoms with Crippen molar-refractivity contribution in [1.29, 1.82) is 5.41 Å². The van der Waals surface area contributed by atoms with Crippen LogP contribution in [0.15, 0.2) is 84.9 Å². The third-order valence-electron chi connectivity index (χ3n) is 7.36. The average Bonchev–Trinajstić information content (AvgIpc) is 3.01. The van der Waals surface area contributed by atoms with E-state index in [0.717, 1.165) is 49.0 Å². The normalized spacial score (nSPS) is 15.0. The molecule has 1 aliphatic heterocycles. The van der Waals surface area contributed by atoms with Crippen LogP contribution in [0.4, 0.5) is 0 Å². The summed E-state index contributed by atoms with van der Waals surface area (Å²) in [6, 6.07) is 25.7. The largest absolute Gasteiger partial charge is 0.384 e. The lowest BCUT2D eigenvalue weighted by atomic mass is 9.91. The van der Waals surface area contributed by atoms with Crippen molar-refractivity contribution in [3.63, 3.8) is 0 Å². The molecule has 3 aromatic rings. The molecule has 8 nitrogen and oxygen atoms in total. The van der Waals surface area contributed by atoms with E-state index in [1.807, 2.05) is 60.7 Å². The number of rotatable bonds is 14. The fourth-order valence-corrected chi connectivity index (χ4v) is 5.76. The van der Waals surface area contributed by atoms with E-state index < -0.39 is 12.1 Å². The third kappa shape index (κ3) is 9.74. The molecular formula is C32H40N6O2S. The Labute approximate surface area is 246 Å². The molecule has 0 aliphatic carbocycles. The van der Waals surface area contributed by atoms with Gasteiger partial charge in [-0.1, -0.05) is 96.9 Å². The molecule has 9 heteroatoms. The zero-order valence-corrected chi connectivity index (χ0v) is 24.1. The van der Waals surface area contributed by atoms with Gasteiger partial charge in [0.2, 0.25) is 11.8 Å². The Hall–Kier alpha value is -3.66. The number of hydrogen-bond acceptors (Lipinski definition) is 6. The Morgan fingerprint density at radius 3 is 2.22 bits per heavy atom. The number of amides is 2. The molecule has 2 atom stereocenters. The molecule has 3 aromatic carbocycles. The summed E-state index contributed by atoms with van der Waals surface area (Å²) >= 11 is 1.48. The number of benzene rings is 3. The van der Waals surface area contributed by atoms with Crippen LogP contribution in [-0.4, -0.2) is 36.8 Å². The van der Waals surface area contributed by atoms with E-state index in [0.29, 0.717) is 30.2 Å². The minimum absolute atomic E-state index is 0.00443. The van der Waals surface area contributed by atoms with Crippen molar-refractivity contribution in [3.8, 4) is 0 Å². The molecule has 2 unspecified atom stereocenters. The molecule has 0 bridgehead atoms. The Morgan fingerprint density at radius 2 is 1.56 bits per heavy atom. The Kier molecular flexibility index (Phi) is 11.8. The van der Waals surface area contributed by atoms with Crippen LogP contribution in [0.3, 0.4) is 0 Å². The molecule has 0 saturated carbocycles. The molecule has 1 fully saturated rings. The van der Waals surface area contributed by atoms with Gasteiger partial charge in [0.1, 0.15) is 17.9 Å². The fourth-order valence-electron chi connectivity index (χ4n) is 4.91. The summed E-state index contributed by atoms with van der Waals surface area (Å²) in [6.45, 7) is 2.30. The third-order valence-corrected chi connectivity index (χ3v) is 8.24. The molecule has 41 heavy (non-hydrogen) atoms. The lowest BCUT2D eigenvalue weighted by molar-refractivity contribution is -0.130. The van der Waals surface area contributed by atoms with E-state index in [2.05, 4.69) is 32.8 Å². The quantitative estimate of drug-likeness (QED) is 0.0982. The Morgan fingerprint density at radius 1 is 0.902 bits per heavy atom. The van der Waals surface area contributed by atoms with Crippen molar-refractivity contribution in [1.82, 2.24) is 20.7 Å². The smallest absolute Gasteiger partial charge is 0.243 e. The number of nitrogen functional groups attached to an aromatic ring is 1. The van der Waals surface area contributed by atoms with Gasteiger partial charge in [-0.15, -0.1) is 0 Å². The number of piperidine rings is 1. The molecule has 0 spiro atoms. The second-order valence-electron chi connectivity index (χ2n) is 10.4. The Bertz CT molecular complexity index is 1250. The lowest BCUT2D eigenvalue weighted by Crippen LogP contribution is -2.49. The van der Waals surface area contributed by atoms with Crippen LogP contribution in [0.5, 0.6) is 0 Å². The number of amidine groups is 1. The standard InChI is InChI=1S/C32H40N6O2S/c33-30(34)27-14-11-24(12-15-27)21-36-31(39)28(16-13-23-17-19-35-20-18-23)37-32(40)29(26-9-5-2-6-10-26)38-41-22-25-7-3-1-4-8-25/h1-12,14-15,23,28-29,35,38H,13,16-22H2,(H3,33,34)(H,36,39)(H,37,40). The van der Waals surface area contributed by atoms with E-state index in [9.17, 15) is 9.59 Å². The molecule has 0 aromatic heterocycles. The molecule has 1 saturated heterocycles. The predicted molar refractivity (Wildman–Crippen MR) is 166 cm³/mol. The lowest BCUT2D eigenvalue weighted by Gasteiger charge is -2.26. The van der Waals surface area contributed by atoms with Crippen LogP contribution in [0.2, 0.25) is 0 Å². The SMILES string of the molecule is N=C(N)c1ccc(CNC(=O)C(CCC2CCNCC2)NC(=O)C(NSCc2ccccc2)c2ccccc2)cc1. The molecule has 1 heterocycles. The summed E-state index contributed by atoms with van der Waals surface area (Å²) in [5.74, 6) is 0.816. The van der Waals surface area contributed by atoms with Gasteiger partial charge in [0, 0.05) is 17.9 Å². The summed E-state index contributed by atoms with van der Waals surface area (Å²) in [6.07, 6.45) is 3.61. The van der Waals surface area contributed by atoms with E-state index in [1.54, 1.807) is 12.1 Å². The first-order valence-corrected chi connectivity index (χ1v) is 15.2. The first-order valence-electron chi connectivity index (χ1n) is 14.2. The highest BCUT2D eigenvalue weighted by molar-refractivity contribution is 7.96. The highest BCUT2D eigenvalue weighted by Crippen LogP contribution is 2.21. The van der Waals surface area contributed by atoms with Gasteiger partial charge in [-0.3, -0.25) is 15.0 Å². The van der Waals surface area contributed by atoms with Crippen molar-refractivity contribution in [2.24, 2.45) is 11.7 Å². The zero-order valence-electron chi connectivity index (χ0n) is 23.3. The van der Waals surface area contributed by atoms with Crippen molar-refractivity contribution in [3.05, 3.63) is 107 Å². The highest BCUT2D eigenvalue weighted by atomic mass is 32.2. The molecule has 4 rings (SSSR count). The first-order chi connectivity index (χ1) is 20.0. The number of nitrogens with two attached hydrogens (primary N) is 1. The summed E-state index contributed by atoms with van der Waals surface area (Å²) in [4.78, 5) is 27.2. The van der Waals surface area contributed by atoms with Gasteiger partial charge in [0.05, 0.1) is 0 Å². The van der Waals surface area contributed by atoms with Crippen LogP contribution in [-0.2, 0) is 21.9 Å². The van der Waals surface area contributed by atoms with Crippen LogP contribution >= 0.6 is 11.9 Å². The second-order valence-corrected chi connectivity index (χ2v) is 11.2. The topological polar surface area (TPSA) is 132 Å². The maximum Gasteiger partial charge on any atom is 0.243 e. The van der Waals surface area contributed by atoms with Crippen LogP contribution in [0.25, 0.3) is 0 Å². The molecular weight excluding hydrogens is 532 g/mol. The van der Waals surface area contributed by atoms with Crippen molar-refractivity contribution in [2.45, 2.75) is 50.1 Å². The molecule has 216 valence electrons. The minimum atomic E-state index is -0.652. The van der Waals surface area contributed by atoms with Crippen LogP contribution in [0, 0.1) is 11.3 Å². The van der Waals surface area contributed by atoms with Crippen molar-refractivity contribution < 1.29 is 9.59 Å². The van der Waals surface area contributed by atoms with Gasteiger partial charge in [0.25, 0.3) is 0 Å².